The molecule has 0 fully saturated rings. The number of carbonyl (C=O) groups excluding carboxylic acids is 1. The Labute approximate surface area is 178 Å². The topological polar surface area (TPSA) is 58.1 Å². The molecule has 8 heteroatoms. The van der Waals surface area contributed by atoms with Gasteiger partial charge >= 0.3 is 12.2 Å². The number of fused-ring (bicyclic) bond motifs is 1. The molecule has 0 aliphatic carbocycles. The number of anilines is 2. The highest BCUT2D eigenvalue weighted by Crippen LogP contribution is 2.40. The van der Waals surface area contributed by atoms with Crippen LogP contribution in [0.1, 0.15) is 31.4 Å². The Morgan fingerprint density at radius 1 is 1.10 bits per heavy atom. The van der Waals surface area contributed by atoms with Crippen molar-refractivity contribution >= 4 is 17.7 Å². The Bertz CT molecular complexity index is 1110. The third-order valence-corrected chi connectivity index (χ3v) is 5.45. The molecule has 1 aliphatic heterocycles. The van der Waals surface area contributed by atoms with Crippen LogP contribution in [0, 0.1) is 0 Å². The number of nitrogens with zero attached hydrogens (tertiary/aromatic N) is 3. The van der Waals surface area contributed by atoms with Gasteiger partial charge in [-0.3, -0.25) is 10.2 Å². The normalized spacial score (nSPS) is 15.3. The van der Waals surface area contributed by atoms with E-state index < -0.39 is 11.7 Å². The van der Waals surface area contributed by atoms with Crippen molar-refractivity contribution in [1.82, 2.24) is 9.97 Å². The summed E-state index contributed by atoms with van der Waals surface area (Å²) in [6, 6.07) is 13.4. The molecule has 0 atom stereocenters. The minimum Gasteiger partial charge on any atom is -0.292 e. The zero-order chi connectivity index (χ0) is 22.2. The van der Waals surface area contributed by atoms with Gasteiger partial charge in [0.2, 0.25) is 0 Å². The van der Waals surface area contributed by atoms with Gasteiger partial charge in [-0.1, -0.05) is 38.1 Å². The number of rotatable bonds is 2. The molecule has 0 bridgehead atoms. The van der Waals surface area contributed by atoms with Gasteiger partial charge in [0.25, 0.3) is 0 Å². The largest absolute Gasteiger partial charge is 0.416 e. The first-order chi connectivity index (χ1) is 14.6. The molecule has 0 saturated heterocycles. The van der Waals surface area contributed by atoms with E-state index >= 15 is 0 Å². The predicted octanol–water partition coefficient (Wildman–Crippen LogP) is 5.88. The van der Waals surface area contributed by atoms with E-state index in [1.807, 2.05) is 6.07 Å². The summed E-state index contributed by atoms with van der Waals surface area (Å²) in [6.45, 7) is 4.55. The van der Waals surface area contributed by atoms with E-state index in [1.165, 1.54) is 11.0 Å². The average molecular weight is 426 g/mol. The predicted molar refractivity (Wildman–Crippen MR) is 113 cm³/mol. The molecule has 0 spiro atoms. The number of nitrogens with one attached hydrogen (secondary N) is 1. The number of aromatic nitrogens is 2. The van der Waals surface area contributed by atoms with Crippen LogP contribution >= 0.6 is 0 Å². The number of amides is 2. The quantitative estimate of drug-likeness (QED) is 0.557. The van der Waals surface area contributed by atoms with Crippen molar-refractivity contribution < 1.29 is 18.0 Å². The van der Waals surface area contributed by atoms with Crippen LogP contribution in [0.2, 0.25) is 0 Å². The van der Waals surface area contributed by atoms with Crippen LogP contribution in [0.15, 0.2) is 60.8 Å². The van der Waals surface area contributed by atoms with Crippen LogP contribution in [0.3, 0.4) is 0 Å². The van der Waals surface area contributed by atoms with Crippen LogP contribution in [0.4, 0.5) is 29.6 Å². The molecule has 5 nitrogen and oxygen atoms in total. The Morgan fingerprint density at radius 2 is 1.90 bits per heavy atom. The molecule has 1 aliphatic rings. The molecular weight excluding hydrogens is 405 g/mol. The van der Waals surface area contributed by atoms with Gasteiger partial charge in [-0.15, -0.1) is 0 Å². The van der Waals surface area contributed by atoms with Gasteiger partial charge in [0.1, 0.15) is 11.6 Å². The van der Waals surface area contributed by atoms with Gasteiger partial charge < -0.3 is 0 Å². The summed E-state index contributed by atoms with van der Waals surface area (Å²) in [7, 11) is 0. The Hall–Kier alpha value is -3.42. The second-order valence-electron chi connectivity index (χ2n) is 8.08. The fraction of sp³-hybridized carbons (Fsp3) is 0.261. The molecule has 160 valence electrons. The first-order valence-corrected chi connectivity index (χ1v) is 9.84. The number of urea groups is 1. The van der Waals surface area contributed by atoms with Crippen molar-refractivity contribution in [2.45, 2.75) is 31.9 Å². The smallest absolute Gasteiger partial charge is 0.292 e. The summed E-state index contributed by atoms with van der Waals surface area (Å²) in [5, 5.41) is 2.76. The molecule has 2 amide bonds. The SMILES string of the molecule is CC1(C)CCN(C(=O)Nc2ccccn2)c2nc(-c3cccc(C(F)(F)F)c3)ccc21. The van der Waals surface area contributed by atoms with Crippen LogP contribution in [0.5, 0.6) is 0 Å². The van der Waals surface area contributed by atoms with Crippen LogP contribution in [-0.2, 0) is 11.6 Å². The van der Waals surface area contributed by atoms with E-state index in [-0.39, 0.29) is 11.4 Å². The average Bonchev–Trinajstić information content (AvgIpc) is 2.73. The van der Waals surface area contributed by atoms with Crippen molar-refractivity contribution in [3.8, 4) is 11.3 Å². The standard InChI is InChI=1S/C23H21F3N4O/c1-22(2)11-13-30(21(31)29-19-8-3-4-12-27-19)20-17(22)9-10-18(28-20)15-6-5-7-16(14-15)23(24,25)26/h3-10,12,14H,11,13H2,1-2H3,(H,27,29,31). The van der Waals surface area contributed by atoms with Gasteiger partial charge in [-0.2, -0.15) is 13.2 Å². The first kappa shape index (κ1) is 20.8. The van der Waals surface area contributed by atoms with Crippen molar-refractivity contribution in [3.05, 3.63) is 71.9 Å². The molecule has 1 N–H and O–H groups in total. The molecule has 4 rings (SSSR count). The van der Waals surface area contributed by atoms with Gasteiger partial charge in [-0.25, -0.2) is 14.8 Å². The highest BCUT2D eigenvalue weighted by atomic mass is 19.4. The number of halogens is 3. The van der Waals surface area contributed by atoms with Crippen LogP contribution < -0.4 is 10.2 Å². The van der Waals surface area contributed by atoms with Crippen molar-refractivity contribution in [3.63, 3.8) is 0 Å². The lowest BCUT2D eigenvalue weighted by molar-refractivity contribution is -0.137. The van der Waals surface area contributed by atoms with Crippen molar-refractivity contribution in [2.24, 2.45) is 0 Å². The maximum absolute atomic E-state index is 13.1. The number of hydrogen-bond donors (Lipinski definition) is 1. The summed E-state index contributed by atoms with van der Waals surface area (Å²) in [4.78, 5) is 23.2. The Morgan fingerprint density at radius 3 is 2.61 bits per heavy atom. The number of pyridine rings is 2. The lowest BCUT2D eigenvalue weighted by Gasteiger charge is -2.38. The lowest BCUT2D eigenvalue weighted by Crippen LogP contribution is -2.44. The van der Waals surface area contributed by atoms with E-state index in [9.17, 15) is 18.0 Å². The minimum absolute atomic E-state index is 0.226. The maximum atomic E-state index is 13.1. The second kappa shape index (κ2) is 7.68. The van der Waals surface area contributed by atoms with Gasteiger partial charge in [0, 0.05) is 23.9 Å². The number of carbonyl (C=O) groups is 1. The Kier molecular flexibility index (Phi) is 5.16. The molecule has 1 aromatic carbocycles. The monoisotopic (exact) mass is 426 g/mol. The van der Waals surface area contributed by atoms with E-state index in [0.717, 1.165) is 24.1 Å². The van der Waals surface area contributed by atoms with Crippen LogP contribution in [-0.4, -0.2) is 22.5 Å². The summed E-state index contributed by atoms with van der Waals surface area (Å²) in [5.74, 6) is 0.854. The summed E-state index contributed by atoms with van der Waals surface area (Å²) >= 11 is 0. The first-order valence-electron chi connectivity index (χ1n) is 9.84. The molecule has 2 aromatic heterocycles. The molecule has 0 radical (unpaired) electrons. The summed E-state index contributed by atoms with van der Waals surface area (Å²) in [6.07, 6.45) is -2.14. The Balaban J connectivity index is 1.73. The van der Waals surface area contributed by atoms with Crippen molar-refractivity contribution in [2.75, 3.05) is 16.8 Å². The molecule has 0 saturated carbocycles. The molecule has 3 heterocycles. The number of alkyl halides is 3. The highest BCUT2D eigenvalue weighted by Gasteiger charge is 2.36. The van der Waals surface area contributed by atoms with Gasteiger partial charge in [-0.05, 0) is 42.2 Å². The lowest BCUT2D eigenvalue weighted by atomic mass is 9.79. The van der Waals surface area contributed by atoms with Crippen molar-refractivity contribution in [1.29, 1.82) is 0 Å². The maximum Gasteiger partial charge on any atom is 0.416 e. The number of hydrogen-bond acceptors (Lipinski definition) is 3. The second-order valence-corrected chi connectivity index (χ2v) is 8.08. The third kappa shape index (κ3) is 4.23. The molecule has 31 heavy (non-hydrogen) atoms. The zero-order valence-electron chi connectivity index (χ0n) is 17.1. The zero-order valence-corrected chi connectivity index (χ0v) is 17.1. The highest BCUT2D eigenvalue weighted by molar-refractivity contribution is 6.01. The molecular formula is C23H21F3N4O. The fourth-order valence-electron chi connectivity index (χ4n) is 3.64. The summed E-state index contributed by atoms with van der Waals surface area (Å²) < 4.78 is 39.4. The number of benzene rings is 1. The van der Waals surface area contributed by atoms with Gasteiger partial charge in [0.05, 0.1) is 11.3 Å². The molecule has 0 unspecified atom stereocenters. The van der Waals surface area contributed by atoms with Crippen LogP contribution in [0.25, 0.3) is 11.3 Å². The minimum atomic E-state index is -4.44. The van der Waals surface area contributed by atoms with Gasteiger partial charge in [0.15, 0.2) is 0 Å². The van der Waals surface area contributed by atoms with E-state index in [0.29, 0.717) is 29.4 Å². The van der Waals surface area contributed by atoms with E-state index in [1.54, 1.807) is 36.5 Å². The van der Waals surface area contributed by atoms with E-state index in [2.05, 4.69) is 29.1 Å². The third-order valence-electron chi connectivity index (χ3n) is 5.45. The summed E-state index contributed by atoms with van der Waals surface area (Å²) in [5.41, 5.74) is 0.612. The van der Waals surface area contributed by atoms with E-state index in [4.69, 9.17) is 0 Å². The molecule has 3 aromatic rings. The fourth-order valence-corrected chi connectivity index (χ4v) is 3.64.